The van der Waals surface area contributed by atoms with Crippen LogP contribution in [0.15, 0.2) is 27.8 Å². The number of nitrogens with one attached hydrogen (secondary N) is 1. The molecule has 1 unspecified atom stereocenters. The quantitative estimate of drug-likeness (QED) is 0.319. The van der Waals surface area contributed by atoms with E-state index >= 15 is 0 Å². The fourth-order valence-corrected chi connectivity index (χ4v) is 2.11. The molecule has 0 aliphatic rings. The van der Waals surface area contributed by atoms with Crippen LogP contribution in [-0.4, -0.2) is 30.7 Å². The van der Waals surface area contributed by atoms with Crippen molar-refractivity contribution >= 4 is 33.4 Å². The van der Waals surface area contributed by atoms with Crippen LogP contribution >= 0.6 is 15.9 Å². The van der Waals surface area contributed by atoms with Crippen LogP contribution in [0, 0.1) is 5.92 Å². The average Bonchev–Trinajstić information content (AvgIpc) is 2.40. The Kier molecular flexibility index (Phi) is 6.47. The largest absolute Gasteiger partial charge is 0.409 e. The molecule has 1 aromatic rings. The lowest BCUT2D eigenvalue weighted by Gasteiger charge is -2.13. The number of rotatable bonds is 6. The second-order valence-electron chi connectivity index (χ2n) is 4.49. The van der Waals surface area contributed by atoms with Crippen molar-refractivity contribution in [2.45, 2.75) is 13.3 Å². The second-order valence-corrected chi connectivity index (χ2v) is 5.40. The number of methoxy groups -OCH3 is 1. The molecular weight excluding hydrogens is 326 g/mol. The minimum Gasteiger partial charge on any atom is -0.409 e. The molecule has 0 radical (unpaired) electrons. The molecule has 0 saturated heterocycles. The number of oxime groups is 1. The molecule has 0 spiro atoms. The monoisotopic (exact) mass is 343 g/mol. The highest BCUT2D eigenvalue weighted by molar-refractivity contribution is 9.10. The normalized spacial score (nSPS) is 13.1. The molecule has 0 aliphatic carbocycles. The van der Waals surface area contributed by atoms with Gasteiger partial charge in [-0.2, -0.15) is 0 Å². The first-order valence-corrected chi connectivity index (χ1v) is 6.83. The summed E-state index contributed by atoms with van der Waals surface area (Å²) in [6.45, 7) is 2.44. The van der Waals surface area contributed by atoms with Crippen LogP contribution in [0.2, 0.25) is 0 Å². The van der Waals surface area contributed by atoms with E-state index in [9.17, 15) is 4.79 Å². The summed E-state index contributed by atoms with van der Waals surface area (Å²) in [5, 5.41) is 14.5. The Morgan fingerprint density at radius 3 is 2.90 bits per heavy atom. The van der Waals surface area contributed by atoms with Gasteiger partial charge in [-0.3, -0.25) is 4.79 Å². The van der Waals surface area contributed by atoms with Gasteiger partial charge in [-0.25, -0.2) is 0 Å². The molecule has 4 N–H and O–H groups in total. The van der Waals surface area contributed by atoms with Crippen LogP contribution in [0.5, 0.6) is 0 Å². The van der Waals surface area contributed by atoms with Gasteiger partial charge in [-0.15, -0.1) is 0 Å². The van der Waals surface area contributed by atoms with Gasteiger partial charge >= 0.3 is 0 Å². The number of amides is 1. The zero-order valence-corrected chi connectivity index (χ0v) is 13.0. The lowest BCUT2D eigenvalue weighted by molar-refractivity contribution is -0.117. The van der Waals surface area contributed by atoms with Crippen LogP contribution in [-0.2, 0) is 9.53 Å². The minimum absolute atomic E-state index is 0.0634. The molecule has 0 fully saturated rings. The highest BCUT2D eigenvalue weighted by Crippen LogP contribution is 2.21. The average molecular weight is 344 g/mol. The van der Waals surface area contributed by atoms with Crippen LogP contribution in [0.3, 0.4) is 0 Å². The third-order valence-corrected chi connectivity index (χ3v) is 3.12. The molecule has 7 heteroatoms. The van der Waals surface area contributed by atoms with Gasteiger partial charge in [0.15, 0.2) is 5.84 Å². The molecule has 0 aromatic heterocycles. The van der Waals surface area contributed by atoms with Gasteiger partial charge in [0.2, 0.25) is 5.91 Å². The van der Waals surface area contributed by atoms with Crippen molar-refractivity contribution in [3.8, 4) is 0 Å². The first kappa shape index (κ1) is 16.5. The van der Waals surface area contributed by atoms with E-state index in [-0.39, 0.29) is 17.7 Å². The van der Waals surface area contributed by atoms with Crippen LogP contribution in [0.1, 0.15) is 18.9 Å². The Hall–Kier alpha value is -1.60. The molecule has 0 aliphatic heterocycles. The first-order valence-electron chi connectivity index (χ1n) is 6.04. The third kappa shape index (κ3) is 4.82. The minimum atomic E-state index is -0.149. The van der Waals surface area contributed by atoms with E-state index in [2.05, 4.69) is 26.4 Å². The van der Waals surface area contributed by atoms with E-state index in [4.69, 9.17) is 15.7 Å². The van der Waals surface area contributed by atoms with Gasteiger partial charge in [-0.1, -0.05) is 28.0 Å². The molecule has 0 bridgehead atoms. The zero-order chi connectivity index (χ0) is 15.1. The highest BCUT2D eigenvalue weighted by atomic mass is 79.9. The Labute approximate surface area is 126 Å². The predicted octanol–water partition coefficient (Wildman–Crippen LogP) is 2.15. The van der Waals surface area contributed by atoms with E-state index < -0.39 is 0 Å². The number of ether oxygens (including phenoxy) is 1. The molecule has 0 heterocycles. The third-order valence-electron chi connectivity index (χ3n) is 2.62. The maximum absolute atomic E-state index is 11.9. The maximum atomic E-state index is 11.9. The van der Waals surface area contributed by atoms with Crippen molar-refractivity contribution in [3.63, 3.8) is 0 Å². The van der Waals surface area contributed by atoms with Gasteiger partial charge < -0.3 is 21.0 Å². The summed E-state index contributed by atoms with van der Waals surface area (Å²) in [7, 11) is 1.60. The van der Waals surface area contributed by atoms with Gasteiger partial charge in [-0.05, 0) is 24.1 Å². The topological polar surface area (TPSA) is 96.9 Å². The van der Waals surface area contributed by atoms with E-state index in [0.29, 0.717) is 24.3 Å². The van der Waals surface area contributed by atoms with Crippen molar-refractivity contribution in [2.24, 2.45) is 16.8 Å². The zero-order valence-electron chi connectivity index (χ0n) is 11.4. The molecule has 6 nitrogen and oxygen atoms in total. The molecular formula is C13H18BrN3O3. The summed E-state index contributed by atoms with van der Waals surface area (Å²) in [4.78, 5) is 11.9. The SMILES string of the molecule is COCC(C)CC(=O)Nc1ccc(Br)cc1/C(N)=N/O. The van der Waals surface area contributed by atoms with E-state index in [1.54, 1.807) is 25.3 Å². The summed E-state index contributed by atoms with van der Waals surface area (Å²) in [5.41, 5.74) is 6.55. The lowest BCUT2D eigenvalue weighted by atomic mass is 10.1. The van der Waals surface area contributed by atoms with Crippen LogP contribution < -0.4 is 11.1 Å². The number of anilines is 1. The smallest absolute Gasteiger partial charge is 0.224 e. The summed E-state index contributed by atoms with van der Waals surface area (Å²) in [6.07, 6.45) is 0.333. The number of hydrogen-bond donors (Lipinski definition) is 3. The van der Waals surface area contributed by atoms with Crippen molar-refractivity contribution in [1.29, 1.82) is 0 Å². The van der Waals surface area contributed by atoms with Crippen LogP contribution in [0.25, 0.3) is 0 Å². The fraction of sp³-hybridized carbons (Fsp3) is 0.385. The van der Waals surface area contributed by atoms with Crippen molar-refractivity contribution in [3.05, 3.63) is 28.2 Å². The predicted molar refractivity (Wildman–Crippen MR) is 80.9 cm³/mol. The Morgan fingerprint density at radius 1 is 1.60 bits per heavy atom. The number of halogens is 1. The van der Waals surface area contributed by atoms with E-state index in [1.165, 1.54) is 0 Å². The van der Waals surface area contributed by atoms with Crippen molar-refractivity contribution in [1.82, 2.24) is 0 Å². The molecule has 1 amide bonds. The summed E-state index contributed by atoms with van der Waals surface area (Å²) < 4.78 is 5.76. The molecule has 0 saturated carbocycles. The molecule has 1 atom stereocenters. The Bertz CT molecular complexity index is 506. The van der Waals surface area contributed by atoms with Gasteiger partial charge in [0, 0.05) is 30.2 Å². The number of nitrogens with two attached hydrogens (primary N) is 1. The Morgan fingerprint density at radius 2 is 2.30 bits per heavy atom. The molecule has 1 rings (SSSR count). The summed E-state index contributed by atoms with van der Waals surface area (Å²) in [6, 6.07) is 5.13. The standard InChI is InChI=1S/C13H18BrN3O3/c1-8(7-20-2)5-12(18)16-11-4-3-9(14)6-10(11)13(15)17-19/h3-4,6,8,19H,5,7H2,1-2H3,(H2,15,17)(H,16,18). The van der Waals surface area contributed by atoms with Gasteiger partial charge in [0.05, 0.1) is 5.69 Å². The summed E-state index contributed by atoms with van der Waals surface area (Å²) >= 11 is 3.30. The second kappa shape index (κ2) is 7.86. The molecule has 1 aromatic carbocycles. The lowest BCUT2D eigenvalue weighted by Crippen LogP contribution is -2.21. The van der Waals surface area contributed by atoms with E-state index in [0.717, 1.165) is 4.47 Å². The molecule has 20 heavy (non-hydrogen) atoms. The van der Waals surface area contributed by atoms with Gasteiger partial charge in [0.1, 0.15) is 0 Å². The number of carbonyl (C=O) groups excluding carboxylic acids is 1. The Balaban J connectivity index is 2.84. The number of amidine groups is 1. The van der Waals surface area contributed by atoms with E-state index in [1.807, 2.05) is 6.92 Å². The summed E-state index contributed by atoms with van der Waals surface area (Å²) in [5.74, 6) is -0.0989. The number of benzene rings is 1. The first-order chi connectivity index (χ1) is 9.47. The van der Waals surface area contributed by atoms with Gasteiger partial charge in [0.25, 0.3) is 0 Å². The fourth-order valence-electron chi connectivity index (χ4n) is 1.75. The number of hydrogen-bond acceptors (Lipinski definition) is 4. The number of carbonyl (C=O) groups is 1. The van der Waals surface area contributed by atoms with Crippen LogP contribution in [0.4, 0.5) is 5.69 Å². The molecule has 110 valence electrons. The van der Waals surface area contributed by atoms with Crippen molar-refractivity contribution < 1.29 is 14.7 Å². The number of nitrogens with zero attached hydrogens (tertiary/aromatic N) is 1. The maximum Gasteiger partial charge on any atom is 0.224 e. The van der Waals surface area contributed by atoms with Crippen molar-refractivity contribution in [2.75, 3.05) is 19.0 Å². The highest BCUT2D eigenvalue weighted by Gasteiger charge is 2.13.